The Balaban J connectivity index is 1.62. The molecule has 118 valence electrons. The summed E-state index contributed by atoms with van der Waals surface area (Å²) < 4.78 is 0. The van der Waals surface area contributed by atoms with E-state index in [0.717, 1.165) is 31.4 Å². The van der Waals surface area contributed by atoms with Crippen LogP contribution in [0, 0.1) is 10.1 Å². The zero-order valence-corrected chi connectivity index (χ0v) is 12.8. The molecule has 3 rings (SSSR count). The van der Waals surface area contributed by atoms with Crippen molar-refractivity contribution in [2.75, 3.05) is 5.43 Å². The summed E-state index contributed by atoms with van der Waals surface area (Å²) >= 11 is 0. The number of anilines is 1. The number of hydrogen-bond donors (Lipinski definition) is 1. The van der Waals surface area contributed by atoms with Gasteiger partial charge in [0.2, 0.25) is 0 Å². The molecule has 0 unspecified atom stereocenters. The number of rotatable bonds is 4. The fourth-order valence-electron chi connectivity index (χ4n) is 2.99. The Hall–Kier alpha value is -2.69. The largest absolute Gasteiger partial charge is 0.294 e. The highest BCUT2D eigenvalue weighted by Gasteiger charge is 2.19. The lowest BCUT2D eigenvalue weighted by molar-refractivity contribution is -0.384. The number of hydrazone groups is 1. The van der Waals surface area contributed by atoms with Crippen molar-refractivity contribution < 1.29 is 4.92 Å². The predicted molar refractivity (Wildman–Crippen MR) is 91.8 cm³/mol. The van der Waals surface area contributed by atoms with Crippen molar-refractivity contribution in [3.8, 4) is 0 Å². The van der Waals surface area contributed by atoms with Gasteiger partial charge in [0, 0.05) is 11.8 Å². The molecule has 1 N–H and O–H groups in total. The van der Waals surface area contributed by atoms with Crippen molar-refractivity contribution >= 4 is 17.1 Å². The number of nitro benzene ring substituents is 1. The lowest BCUT2D eigenvalue weighted by atomic mass is 9.83. The normalized spacial score (nSPS) is 17.6. The molecule has 1 saturated carbocycles. The van der Waals surface area contributed by atoms with Crippen LogP contribution in [0.2, 0.25) is 0 Å². The van der Waals surface area contributed by atoms with Crippen LogP contribution in [0.25, 0.3) is 0 Å². The van der Waals surface area contributed by atoms with Gasteiger partial charge in [-0.15, -0.1) is 0 Å². The fourth-order valence-corrected chi connectivity index (χ4v) is 2.99. The van der Waals surface area contributed by atoms with Crippen LogP contribution in [0.15, 0.2) is 59.7 Å². The van der Waals surface area contributed by atoms with E-state index in [1.807, 2.05) is 6.07 Å². The molecule has 23 heavy (non-hydrogen) atoms. The Morgan fingerprint density at radius 2 is 1.65 bits per heavy atom. The molecule has 0 radical (unpaired) electrons. The van der Waals surface area contributed by atoms with Crippen LogP contribution in [0.5, 0.6) is 0 Å². The minimum atomic E-state index is -0.394. The summed E-state index contributed by atoms with van der Waals surface area (Å²) in [4.78, 5) is 10.6. The first-order chi connectivity index (χ1) is 11.2. The smallest absolute Gasteiger partial charge is 0.272 e. The standard InChI is InChI=1S/C18H19N3O2/c22-21(23)18-9-5-4-8-17(18)20-19-16-12-10-15(11-13-16)14-6-2-1-3-7-14/h1-9,15,20H,10-13H2. The van der Waals surface area contributed by atoms with E-state index in [2.05, 4.69) is 34.8 Å². The quantitative estimate of drug-likeness (QED) is 0.656. The maximum Gasteiger partial charge on any atom is 0.294 e. The number of benzene rings is 2. The van der Waals surface area contributed by atoms with Gasteiger partial charge in [-0.2, -0.15) is 5.10 Å². The van der Waals surface area contributed by atoms with Crippen LogP contribution in [-0.4, -0.2) is 10.6 Å². The van der Waals surface area contributed by atoms with E-state index in [-0.39, 0.29) is 5.69 Å². The maximum atomic E-state index is 11.0. The molecule has 0 heterocycles. The van der Waals surface area contributed by atoms with Gasteiger partial charge in [0.05, 0.1) is 4.92 Å². The van der Waals surface area contributed by atoms with Crippen molar-refractivity contribution in [2.45, 2.75) is 31.6 Å². The third kappa shape index (κ3) is 3.74. The van der Waals surface area contributed by atoms with Crippen LogP contribution in [0.3, 0.4) is 0 Å². The highest BCUT2D eigenvalue weighted by atomic mass is 16.6. The van der Waals surface area contributed by atoms with Crippen LogP contribution >= 0.6 is 0 Å². The second-order valence-electron chi connectivity index (χ2n) is 5.75. The van der Waals surface area contributed by atoms with Crippen LogP contribution in [0.4, 0.5) is 11.4 Å². The van der Waals surface area contributed by atoms with Crippen LogP contribution in [0.1, 0.15) is 37.2 Å². The first-order valence-corrected chi connectivity index (χ1v) is 7.84. The Morgan fingerprint density at radius 1 is 1.00 bits per heavy atom. The van der Waals surface area contributed by atoms with E-state index >= 15 is 0 Å². The summed E-state index contributed by atoms with van der Waals surface area (Å²) in [6.45, 7) is 0. The molecule has 5 nitrogen and oxygen atoms in total. The van der Waals surface area contributed by atoms with Gasteiger partial charge in [-0.25, -0.2) is 0 Å². The Labute approximate surface area is 135 Å². The Kier molecular flexibility index (Phi) is 4.66. The summed E-state index contributed by atoms with van der Waals surface area (Å²) in [5, 5.41) is 15.4. The molecule has 0 spiro atoms. The van der Waals surface area contributed by atoms with E-state index in [4.69, 9.17) is 0 Å². The molecule has 1 aliphatic carbocycles. The molecule has 2 aromatic rings. The average molecular weight is 309 g/mol. The molecule has 0 saturated heterocycles. The van der Waals surface area contributed by atoms with E-state index in [0.29, 0.717) is 11.6 Å². The summed E-state index contributed by atoms with van der Waals surface area (Å²) in [6.07, 6.45) is 3.99. The molecule has 0 bridgehead atoms. The van der Waals surface area contributed by atoms with Gasteiger partial charge in [-0.1, -0.05) is 42.5 Å². The minimum absolute atomic E-state index is 0.0508. The molecular weight excluding hydrogens is 290 g/mol. The Morgan fingerprint density at radius 3 is 2.35 bits per heavy atom. The van der Waals surface area contributed by atoms with Gasteiger partial charge in [0.15, 0.2) is 0 Å². The number of para-hydroxylation sites is 2. The first kappa shape index (κ1) is 15.2. The average Bonchev–Trinajstić information content (AvgIpc) is 2.61. The van der Waals surface area contributed by atoms with Crippen molar-refractivity contribution in [3.63, 3.8) is 0 Å². The number of nitrogens with one attached hydrogen (secondary N) is 1. The third-order valence-electron chi connectivity index (χ3n) is 4.27. The number of nitrogens with zero attached hydrogens (tertiary/aromatic N) is 2. The molecule has 2 aromatic carbocycles. The second kappa shape index (κ2) is 7.05. The van der Waals surface area contributed by atoms with E-state index in [1.165, 1.54) is 11.6 Å². The maximum absolute atomic E-state index is 11.0. The molecule has 0 aromatic heterocycles. The number of hydrogen-bond acceptors (Lipinski definition) is 4. The van der Waals surface area contributed by atoms with E-state index in [1.54, 1.807) is 18.2 Å². The summed E-state index contributed by atoms with van der Waals surface area (Å²) in [6, 6.07) is 17.1. The molecule has 1 aliphatic rings. The number of nitro groups is 1. The molecule has 0 aliphatic heterocycles. The van der Waals surface area contributed by atoms with Crippen molar-refractivity contribution in [2.24, 2.45) is 5.10 Å². The van der Waals surface area contributed by atoms with Gasteiger partial charge in [-0.3, -0.25) is 15.5 Å². The Bertz CT molecular complexity index is 703. The summed E-state index contributed by atoms with van der Waals surface area (Å²) in [5.74, 6) is 0.584. The minimum Gasteiger partial charge on any atom is -0.272 e. The zero-order valence-electron chi connectivity index (χ0n) is 12.8. The topological polar surface area (TPSA) is 67.5 Å². The van der Waals surface area contributed by atoms with Crippen molar-refractivity contribution in [1.82, 2.24) is 0 Å². The van der Waals surface area contributed by atoms with E-state index < -0.39 is 4.92 Å². The highest BCUT2D eigenvalue weighted by molar-refractivity contribution is 5.86. The SMILES string of the molecule is O=[N+]([O-])c1ccccc1NN=C1CCC(c2ccccc2)CC1. The third-order valence-corrected chi connectivity index (χ3v) is 4.27. The highest BCUT2D eigenvalue weighted by Crippen LogP contribution is 2.31. The molecular formula is C18H19N3O2. The lowest BCUT2D eigenvalue weighted by Crippen LogP contribution is -2.14. The first-order valence-electron chi connectivity index (χ1n) is 7.84. The van der Waals surface area contributed by atoms with E-state index in [9.17, 15) is 10.1 Å². The van der Waals surface area contributed by atoms with Crippen LogP contribution < -0.4 is 5.43 Å². The van der Waals surface area contributed by atoms with Crippen molar-refractivity contribution in [1.29, 1.82) is 0 Å². The van der Waals surface area contributed by atoms with Gasteiger partial charge >= 0.3 is 0 Å². The van der Waals surface area contributed by atoms with Gasteiger partial charge in [0.25, 0.3) is 5.69 Å². The predicted octanol–water partition coefficient (Wildman–Crippen LogP) is 4.72. The molecule has 1 fully saturated rings. The molecule has 0 amide bonds. The molecule has 0 atom stereocenters. The summed E-state index contributed by atoms with van der Waals surface area (Å²) in [7, 11) is 0. The summed E-state index contributed by atoms with van der Waals surface area (Å²) in [5.41, 5.74) is 5.82. The lowest BCUT2D eigenvalue weighted by Gasteiger charge is -2.23. The van der Waals surface area contributed by atoms with Crippen LogP contribution in [-0.2, 0) is 0 Å². The monoisotopic (exact) mass is 309 g/mol. The molecule has 5 heteroatoms. The zero-order chi connectivity index (χ0) is 16.1. The van der Waals surface area contributed by atoms with Crippen molar-refractivity contribution in [3.05, 3.63) is 70.3 Å². The van der Waals surface area contributed by atoms with Gasteiger partial charge < -0.3 is 0 Å². The second-order valence-corrected chi connectivity index (χ2v) is 5.75. The van der Waals surface area contributed by atoms with Gasteiger partial charge in [-0.05, 0) is 43.2 Å². The fraction of sp³-hybridized carbons (Fsp3) is 0.278. The van der Waals surface area contributed by atoms with Gasteiger partial charge in [0.1, 0.15) is 5.69 Å².